The number of ether oxygens (including phenoxy) is 1. The van der Waals surface area contributed by atoms with Crippen molar-refractivity contribution in [3.63, 3.8) is 0 Å². The summed E-state index contributed by atoms with van der Waals surface area (Å²) in [5.74, 6) is -2.51. The standard InChI is InChI=1S/C27H25F3N4O6/c1-26(2,3)38-18(35)13-14-31-24(37)21(36)16-9-11-17(12-10-16)23-32-25(40-34-23)22-19(27(28,29)30)20(33-39-22)15-7-5-4-6-8-15/h4-12,21,36H,13-14H2,1-3H3,(H,31,37)/t21-/m1/s1. The molecule has 1 atom stereocenters. The average Bonchev–Trinajstić information content (AvgIpc) is 3.55. The van der Waals surface area contributed by atoms with Crippen molar-refractivity contribution in [3.05, 3.63) is 65.7 Å². The first-order valence-corrected chi connectivity index (χ1v) is 12.1. The zero-order valence-corrected chi connectivity index (χ0v) is 21.7. The quantitative estimate of drug-likeness (QED) is 0.287. The third-order valence-electron chi connectivity index (χ3n) is 5.42. The molecule has 0 spiro atoms. The van der Waals surface area contributed by atoms with Crippen LogP contribution in [0.3, 0.4) is 0 Å². The lowest BCUT2D eigenvalue weighted by molar-refractivity contribution is -0.154. The van der Waals surface area contributed by atoms with Crippen LogP contribution < -0.4 is 5.32 Å². The maximum atomic E-state index is 13.9. The number of aromatic nitrogens is 3. The van der Waals surface area contributed by atoms with E-state index in [0.29, 0.717) is 5.56 Å². The topological polar surface area (TPSA) is 141 Å². The molecule has 2 aromatic heterocycles. The average molecular weight is 559 g/mol. The second-order valence-corrected chi connectivity index (χ2v) is 9.67. The molecule has 0 bridgehead atoms. The highest BCUT2D eigenvalue weighted by molar-refractivity contribution is 5.82. The predicted molar refractivity (Wildman–Crippen MR) is 134 cm³/mol. The molecule has 0 saturated heterocycles. The summed E-state index contributed by atoms with van der Waals surface area (Å²) in [6, 6.07) is 13.5. The van der Waals surface area contributed by atoms with Crippen LogP contribution in [-0.2, 0) is 20.5 Å². The van der Waals surface area contributed by atoms with E-state index < -0.39 is 52.7 Å². The molecule has 10 nitrogen and oxygen atoms in total. The van der Waals surface area contributed by atoms with E-state index in [-0.39, 0.29) is 29.9 Å². The van der Waals surface area contributed by atoms with E-state index in [2.05, 4.69) is 20.6 Å². The van der Waals surface area contributed by atoms with Gasteiger partial charge in [-0.1, -0.05) is 64.9 Å². The molecule has 0 radical (unpaired) electrons. The summed E-state index contributed by atoms with van der Waals surface area (Å²) in [7, 11) is 0. The molecule has 0 unspecified atom stereocenters. The number of benzene rings is 2. The molecule has 0 saturated carbocycles. The third-order valence-corrected chi connectivity index (χ3v) is 5.42. The summed E-state index contributed by atoms with van der Waals surface area (Å²) >= 11 is 0. The van der Waals surface area contributed by atoms with Crippen molar-refractivity contribution in [1.82, 2.24) is 20.6 Å². The number of aliphatic hydroxyl groups is 1. The van der Waals surface area contributed by atoms with E-state index in [9.17, 15) is 27.9 Å². The van der Waals surface area contributed by atoms with Crippen LogP contribution in [0.4, 0.5) is 13.2 Å². The second kappa shape index (κ2) is 11.3. The van der Waals surface area contributed by atoms with Gasteiger partial charge in [-0.05, 0) is 26.3 Å². The maximum absolute atomic E-state index is 13.9. The number of hydrogen-bond acceptors (Lipinski definition) is 9. The van der Waals surface area contributed by atoms with Gasteiger partial charge in [0.15, 0.2) is 6.10 Å². The van der Waals surface area contributed by atoms with Crippen molar-refractivity contribution in [2.24, 2.45) is 0 Å². The lowest BCUT2D eigenvalue weighted by atomic mass is 10.1. The minimum absolute atomic E-state index is 0.0257. The number of alkyl halides is 3. The fraction of sp³-hybridized carbons (Fsp3) is 0.296. The van der Waals surface area contributed by atoms with Crippen LogP contribution in [0.5, 0.6) is 0 Å². The Kier molecular flexibility index (Phi) is 8.05. The Bertz CT molecular complexity index is 1470. The molecule has 2 heterocycles. The predicted octanol–water partition coefficient (Wildman–Crippen LogP) is 4.96. The van der Waals surface area contributed by atoms with E-state index in [1.165, 1.54) is 36.4 Å². The number of aliphatic hydroxyl groups excluding tert-OH is 1. The monoisotopic (exact) mass is 558 g/mol. The van der Waals surface area contributed by atoms with Gasteiger partial charge in [0.2, 0.25) is 11.6 Å². The molecule has 4 rings (SSSR count). The molecular formula is C27H25F3N4O6. The van der Waals surface area contributed by atoms with E-state index in [4.69, 9.17) is 13.8 Å². The minimum Gasteiger partial charge on any atom is -0.460 e. The lowest BCUT2D eigenvalue weighted by Gasteiger charge is -2.19. The van der Waals surface area contributed by atoms with Crippen molar-refractivity contribution in [3.8, 4) is 34.3 Å². The summed E-state index contributed by atoms with van der Waals surface area (Å²) < 4.78 is 57.0. The Morgan fingerprint density at radius 3 is 2.27 bits per heavy atom. The molecule has 40 heavy (non-hydrogen) atoms. The minimum atomic E-state index is -4.82. The first kappa shape index (κ1) is 28.5. The molecule has 0 fully saturated rings. The first-order chi connectivity index (χ1) is 18.8. The summed E-state index contributed by atoms with van der Waals surface area (Å²) in [6.45, 7) is 5.15. The normalized spacial score (nSPS) is 12.7. The second-order valence-electron chi connectivity index (χ2n) is 9.67. The van der Waals surface area contributed by atoms with Gasteiger partial charge < -0.3 is 24.2 Å². The molecule has 2 N–H and O–H groups in total. The van der Waals surface area contributed by atoms with Crippen LogP contribution in [-0.4, -0.2) is 44.4 Å². The zero-order chi connectivity index (χ0) is 29.1. The van der Waals surface area contributed by atoms with Crippen LogP contribution in [0, 0.1) is 0 Å². The lowest BCUT2D eigenvalue weighted by Crippen LogP contribution is -2.32. The van der Waals surface area contributed by atoms with Gasteiger partial charge in [0.05, 0.1) is 6.42 Å². The fourth-order valence-electron chi connectivity index (χ4n) is 3.67. The molecule has 0 aliphatic rings. The van der Waals surface area contributed by atoms with Gasteiger partial charge in [-0.15, -0.1) is 0 Å². The number of halogens is 3. The van der Waals surface area contributed by atoms with Crippen LogP contribution in [0.15, 0.2) is 63.6 Å². The highest BCUT2D eigenvalue weighted by Gasteiger charge is 2.43. The largest absolute Gasteiger partial charge is 0.460 e. The zero-order valence-electron chi connectivity index (χ0n) is 21.7. The van der Waals surface area contributed by atoms with Crippen LogP contribution in [0.1, 0.15) is 44.4 Å². The Morgan fingerprint density at radius 1 is 0.975 bits per heavy atom. The van der Waals surface area contributed by atoms with Gasteiger partial charge in [-0.3, -0.25) is 9.59 Å². The summed E-state index contributed by atoms with van der Waals surface area (Å²) in [5.41, 5.74) is -1.44. The van der Waals surface area contributed by atoms with Gasteiger partial charge in [0.1, 0.15) is 16.9 Å². The number of esters is 1. The Balaban J connectivity index is 1.46. The third kappa shape index (κ3) is 6.72. The highest BCUT2D eigenvalue weighted by atomic mass is 19.4. The molecular weight excluding hydrogens is 533 g/mol. The van der Waals surface area contributed by atoms with Gasteiger partial charge >= 0.3 is 12.1 Å². The summed E-state index contributed by atoms with van der Waals surface area (Å²) in [6.07, 6.45) is -6.42. The summed E-state index contributed by atoms with van der Waals surface area (Å²) in [4.78, 5) is 28.1. The smallest absolute Gasteiger partial charge is 0.422 e. The van der Waals surface area contributed by atoms with E-state index >= 15 is 0 Å². The van der Waals surface area contributed by atoms with Crippen molar-refractivity contribution in [2.45, 2.75) is 45.1 Å². The Morgan fingerprint density at radius 2 is 1.65 bits per heavy atom. The molecule has 4 aromatic rings. The number of carbonyl (C=O) groups is 2. The van der Waals surface area contributed by atoms with E-state index in [0.717, 1.165) is 0 Å². The van der Waals surface area contributed by atoms with Crippen LogP contribution >= 0.6 is 0 Å². The van der Waals surface area contributed by atoms with E-state index in [1.54, 1.807) is 39.0 Å². The van der Waals surface area contributed by atoms with Gasteiger partial charge in [-0.25, -0.2) is 0 Å². The van der Waals surface area contributed by atoms with Gasteiger partial charge in [0, 0.05) is 17.7 Å². The molecule has 2 aromatic carbocycles. The number of nitrogens with one attached hydrogen (secondary N) is 1. The molecule has 13 heteroatoms. The van der Waals surface area contributed by atoms with Crippen LogP contribution in [0.2, 0.25) is 0 Å². The van der Waals surface area contributed by atoms with E-state index in [1.807, 2.05) is 0 Å². The number of amides is 1. The molecule has 210 valence electrons. The summed E-state index contributed by atoms with van der Waals surface area (Å²) in [5, 5.41) is 20.1. The van der Waals surface area contributed by atoms with Crippen molar-refractivity contribution in [2.75, 3.05) is 6.54 Å². The number of hydrogen-bond donors (Lipinski definition) is 2. The fourth-order valence-corrected chi connectivity index (χ4v) is 3.67. The van der Waals surface area contributed by atoms with Gasteiger partial charge in [0.25, 0.3) is 11.8 Å². The Hall–Kier alpha value is -4.52. The number of nitrogens with zero attached hydrogens (tertiary/aromatic N) is 3. The highest BCUT2D eigenvalue weighted by Crippen LogP contribution is 2.43. The van der Waals surface area contributed by atoms with Crippen molar-refractivity contribution < 1.29 is 41.6 Å². The van der Waals surface area contributed by atoms with Crippen LogP contribution in [0.25, 0.3) is 34.3 Å². The SMILES string of the molecule is CC(C)(C)OC(=O)CCNC(=O)[C@H](O)c1ccc(-c2noc(-c3onc(-c4ccccc4)c3C(F)(F)F)n2)cc1. The number of rotatable bonds is 8. The Labute approximate surface area is 226 Å². The van der Waals surface area contributed by atoms with Crippen molar-refractivity contribution >= 4 is 11.9 Å². The van der Waals surface area contributed by atoms with Crippen molar-refractivity contribution in [1.29, 1.82) is 0 Å². The number of carbonyl (C=O) groups excluding carboxylic acids is 2. The molecule has 1 amide bonds. The first-order valence-electron chi connectivity index (χ1n) is 12.1. The molecule has 0 aliphatic heterocycles. The maximum Gasteiger partial charge on any atom is 0.422 e. The molecule has 0 aliphatic carbocycles. The van der Waals surface area contributed by atoms with Gasteiger partial charge in [-0.2, -0.15) is 18.2 Å².